The van der Waals surface area contributed by atoms with Crippen molar-refractivity contribution in [2.24, 2.45) is 0 Å². The van der Waals surface area contributed by atoms with Crippen LogP contribution >= 0.6 is 0 Å². The minimum Gasteiger partial charge on any atom is -0.478 e. The van der Waals surface area contributed by atoms with E-state index in [1.54, 1.807) is 0 Å². The van der Waals surface area contributed by atoms with Gasteiger partial charge >= 0.3 is 5.97 Å². The summed E-state index contributed by atoms with van der Waals surface area (Å²) in [7, 11) is -0.542. The summed E-state index contributed by atoms with van der Waals surface area (Å²) in [5, 5.41) is 12.1. The van der Waals surface area contributed by atoms with Crippen LogP contribution in [0.25, 0.3) is 0 Å². The van der Waals surface area contributed by atoms with Crippen molar-refractivity contribution in [1.82, 2.24) is 10.3 Å². The van der Waals surface area contributed by atoms with Gasteiger partial charge in [-0.15, -0.1) is 0 Å². The molecule has 0 radical (unpaired) electrons. The number of benzene rings is 1. The Balaban J connectivity index is 2.53. The maximum absolute atomic E-state index is 12.2. The van der Waals surface area contributed by atoms with Gasteiger partial charge in [-0.2, -0.15) is 0 Å². The third kappa shape index (κ3) is 5.52. The third-order valence-electron chi connectivity index (χ3n) is 5.53. The molecule has 2 N–H and O–H groups in total. The van der Waals surface area contributed by atoms with E-state index in [-0.39, 0.29) is 22.2 Å². The summed E-state index contributed by atoms with van der Waals surface area (Å²) in [6, 6.07) is 12.5. The predicted octanol–water partition coefficient (Wildman–Crippen LogP) is 4.29. The SMILES string of the molecule is CNC(=O)c1cc(C(=O)O)cc(C(CO[Si](C)(C)C(C)(C)C)c2ccccc2)n1. The molecule has 1 aromatic heterocycles. The van der Waals surface area contributed by atoms with Crippen molar-refractivity contribution >= 4 is 20.2 Å². The number of carboxylic acid groups (broad SMARTS) is 1. The van der Waals surface area contributed by atoms with Crippen LogP contribution in [0.3, 0.4) is 0 Å². The van der Waals surface area contributed by atoms with Gasteiger partial charge in [0.1, 0.15) is 5.69 Å². The number of amides is 1. The number of carboxylic acids is 1. The van der Waals surface area contributed by atoms with E-state index in [1.807, 2.05) is 30.3 Å². The summed E-state index contributed by atoms with van der Waals surface area (Å²) in [4.78, 5) is 28.3. The average molecular weight is 415 g/mol. The highest BCUT2D eigenvalue weighted by Gasteiger charge is 2.38. The van der Waals surface area contributed by atoms with Gasteiger partial charge in [0, 0.05) is 19.6 Å². The van der Waals surface area contributed by atoms with Crippen LogP contribution in [0.4, 0.5) is 0 Å². The van der Waals surface area contributed by atoms with Crippen LogP contribution in [-0.2, 0) is 4.43 Å². The zero-order valence-corrected chi connectivity index (χ0v) is 18.9. The molecule has 0 fully saturated rings. The topological polar surface area (TPSA) is 88.5 Å². The first kappa shape index (κ1) is 22.8. The number of carbonyl (C=O) groups is 2. The molecular weight excluding hydrogens is 384 g/mol. The number of hydrogen-bond acceptors (Lipinski definition) is 4. The average Bonchev–Trinajstić information content (AvgIpc) is 2.67. The lowest BCUT2D eigenvalue weighted by Crippen LogP contribution is -2.41. The Labute approximate surface area is 173 Å². The van der Waals surface area contributed by atoms with Crippen LogP contribution in [0.1, 0.15) is 58.8 Å². The first-order valence-electron chi connectivity index (χ1n) is 9.62. The van der Waals surface area contributed by atoms with Crippen LogP contribution < -0.4 is 5.32 Å². The van der Waals surface area contributed by atoms with Gasteiger partial charge in [0.15, 0.2) is 8.32 Å². The largest absolute Gasteiger partial charge is 0.478 e. The highest BCUT2D eigenvalue weighted by atomic mass is 28.4. The summed E-state index contributed by atoms with van der Waals surface area (Å²) < 4.78 is 6.44. The minimum atomic E-state index is -2.03. The van der Waals surface area contributed by atoms with Gasteiger partial charge in [-0.05, 0) is 35.8 Å². The second-order valence-electron chi connectivity index (χ2n) is 8.58. The van der Waals surface area contributed by atoms with E-state index < -0.39 is 20.2 Å². The number of aromatic nitrogens is 1. The highest BCUT2D eigenvalue weighted by Crippen LogP contribution is 2.38. The zero-order chi connectivity index (χ0) is 21.8. The van der Waals surface area contributed by atoms with Crippen LogP contribution in [0.2, 0.25) is 18.1 Å². The molecule has 0 saturated heterocycles. The highest BCUT2D eigenvalue weighted by molar-refractivity contribution is 6.74. The molecule has 0 aliphatic heterocycles. The lowest BCUT2D eigenvalue weighted by atomic mass is 9.95. The normalized spacial score (nSPS) is 13.0. The Kier molecular flexibility index (Phi) is 6.97. The van der Waals surface area contributed by atoms with Gasteiger partial charge in [0.25, 0.3) is 5.91 Å². The molecule has 1 unspecified atom stereocenters. The molecule has 0 aliphatic carbocycles. The third-order valence-corrected chi connectivity index (χ3v) is 10.0. The smallest absolute Gasteiger partial charge is 0.335 e. The Hall–Kier alpha value is -2.51. The van der Waals surface area contributed by atoms with Gasteiger partial charge < -0.3 is 14.8 Å². The second kappa shape index (κ2) is 8.88. The quantitative estimate of drug-likeness (QED) is 0.660. The van der Waals surface area contributed by atoms with E-state index in [0.717, 1.165) is 5.56 Å². The van der Waals surface area contributed by atoms with Crippen molar-refractivity contribution in [2.75, 3.05) is 13.7 Å². The summed E-state index contributed by atoms with van der Waals surface area (Å²) >= 11 is 0. The number of nitrogens with one attached hydrogen (secondary N) is 1. The standard InChI is InChI=1S/C22H30N2O4Si/c1-22(2,3)29(5,6)28-14-17(15-10-8-7-9-11-15)18-12-16(21(26)27)13-19(24-18)20(25)23-4/h7-13,17H,14H2,1-6H3,(H,23,25)(H,26,27). The maximum Gasteiger partial charge on any atom is 0.335 e. The number of pyridine rings is 1. The van der Waals surface area contributed by atoms with Crippen LogP contribution in [-0.4, -0.2) is 43.9 Å². The molecule has 6 nitrogen and oxygen atoms in total. The summed E-state index contributed by atoms with van der Waals surface area (Å²) in [5.74, 6) is -1.81. The van der Waals surface area contributed by atoms with Crippen molar-refractivity contribution in [3.05, 3.63) is 65.0 Å². The van der Waals surface area contributed by atoms with Gasteiger partial charge in [-0.25, -0.2) is 9.78 Å². The monoisotopic (exact) mass is 414 g/mol. The number of carbonyl (C=O) groups excluding carboxylic acids is 1. The Morgan fingerprint density at radius 1 is 1.17 bits per heavy atom. The molecule has 0 aliphatic rings. The lowest BCUT2D eigenvalue weighted by Gasteiger charge is -2.37. The summed E-state index contributed by atoms with van der Waals surface area (Å²) in [5.41, 5.74) is 1.58. The molecule has 2 rings (SSSR count). The van der Waals surface area contributed by atoms with Gasteiger partial charge in [-0.1, -0.05) is 51.1 Å². The van der Waals surface area contributed by atoms with Crippen molar-refractivity contribution < 1.29 is 19.1 Å². The maximum atomic E-state index is 12.2. The minimum absolute atomic E-state index is 0.0295. The summed E-state index contributed by atoms with van der Waals surface area (Å²) in [6.45, 7) is 11.2. The molecule has 7 heteroatoms. The van der Waals surface area contributed by atoms with E-state index in [1.165, 1.54) is 19.2 Å². The van der Waals surface area contributed by atoms with Crippen molar-refractivity contribution in [1.29, 1.82) is 0 Å². The van der Waals surface area contributed by atoms with Crippen molar-refractivity contribution in [3.63, 3.8) is 0 Å². The van der Waals surface area contributed by atoms with Gasteiger partial charge in [-0.3, -0.25) is 4.79 Å². The van der Waals surface area contributed by atoms with Crippen LogP contribution in [0.5, 0.6) is 0 Å². The van der Waals surface area contributed by atoms with Crippen LogP contribution in [0.15, 0.2) is 42.5 Å². The molecule has 1 aromatic carbocycles. The molecule has 2 aromatic rings. The molecular formula is C22H30N2O4Si. The Morgan fingerprint density at radius 2 is 1.79 bits per heavy atom. The first-order chi connectivity index (χ1) is 13.5. The number of aromatic carboxylic acids is 1. The fourth-order valence-corrected chi connectivity index (χ4v) is 3.66. The Morgan fingerprint density at radius 3 is 2.31 bits per heavy atom. The first-order valence-corrected chi connectivity index (χ1v) is 12.5. The van der Waals surface area contributed by atoms with Gasteiger partial charge in [0.2, 0.25) is 0 Å². The van der Waals surface area contributed by atoms with Crippen LogP contribution in [0, 0.1) is 0 Å². The predicted molar refractivity (Wildman–Crippen MR) is 116 cm³/mol. The zero-order valence-electron chi connectivity index (χ0n) is 17.9. The molecule has 1 heterocycles. The molecule has 0 spiro atoms. The lowest BCUT2D eigenvalue weighted by molar-refractivity contribution is 0.0696. The molecule has 0 saturated carbocycles. The molecule has 29 heavy (non-hydrogen) atoms. The van der Waals surface area contributed by atoms with E-state index in [0.29, 0.717) is 12.3 Å². The number of nitrogens with zero attached hydrogens (tertiary/aromatic N) is 1. The van der Waals surface area contributed by atoms with Gasteiger partial charge in [0.05, 0.1) is 11.3 Å². The fourth-order valence-electron chi connectivity index (χ4n) is 2.64. The fraction of sp³-hybridized carbons (Fsp3) is 0.409. The van der Waals surface area contributed by atoms with E-state index in [9.17, 15) is 14.7 Å². The molecule has 1 amide bonds. The van der Waals surface area contributed by atoms with E-state index in [2.05, 4.69) is 44.2 Å². The Bertz CT molecular complexity index is 876. The second-order valence-corrected chi connectivity index (χ2v) is 13.4. The van der Waals surface area contributed by atoms with Crippen molar-refractivity contribution in [2.45, 2.75) is 44.8 Å². The van der Waals surface area contributed by atoms with E-state index in [4.69, 9.17) is 4.43 Å². The summed E-state index contributed by atoms with van der Waals surface area (Å²) in [6.07, 6.45) is 0. The van der Waals surface area contributed by atoms with Crippen molar-refractivity contribution in [3.8, 4) is 0 Å². The van der Waals surface area contributed by atoms with E-state index >= 15 is 0 Å². The number of hydrogen-bond donors (Lipinski definition) is 2. The molecule has 156 valence electrons. The molecule has 1 atom stereocenters. The molecule has 0 bridgehead atoms. The number of rotatable bonds is 7.